The Bertz CT molecular complexity index is 300. The number of halogens is 3. The van der Waals surface area contributed by atoms with Gasteiger partial charge in [0.25, 0.3) is 0 Å². The average Bonchev–Trinajstić information content (AvgIpc) is 2.68. The maximum Gasteiger partial charge on any atom is 0.411 e. The number of nitrogens with one attached hydrogen (secondary N) is 1. The molecule has 0 saturated carbocycles. The summed E-state index contributed by atoms with van der Waals surface area (Å²) in [5.41, 5.74) is 0. The van der Waals surface area contributed by atoms with E-state index in [2.05, 4.69) is 10.1 Å². The monoisotopic (exact) mass is 267 g/mol. The van der Waals surface area contributed by atoms with Gasteiger partial charge in [0.2, 0.25) is 0 Å². The Labute approximate surface area is 103 Å². The van der Waals surface area contributed by atoms with Crippen LogP contribution >= 0.6 is 11.3 Å². The van der Waals surface area contributed by atoms with Crippen LogP contribution in [0.5, 0.6) is 0 Å². The molecule has 0 bridgehead atoms. The van der Waals surface area contributed by atoms with Crippen LogP contribution < -0.4 is 5.32 Å². The molecular weight excluding hydrogens is 251 g/mol. The smallest absolute Gasteiger partial charge is 0.371 e. The van der Waals surface area contributed by atoms with E-state index in [1.165, 1.54) is 4.88 Å². The fraction of sp³-hybridized carbons (Fsp3) is 0.636. The van der Waals surface area contributed by atoms with Gasteiger partial charge < -0.3 is 10.1 Å². The lowest BCUT2D eigenvalue weighted by atomic mass is 10.2. The van der Waals surface area contributed by atoms with E-state index in [0.717, 1.165) is 6.42 Å². The average molecular weight is 267 g/mol. The second-order valence-electron chi connectivity index (χ2n) is 3.81. The van der Waals surface area contributed by atoms with Gasteiger partial charge in [0.05, 0.1) is 6.61 Å². The fourth-order valence-electron chi connectivity index (χ4n) is 1.37. The van der Waals surface area contributed by atoms with Gasteiger partial charge in [-0.2, -0.15) is 13.2 Å². The fourth-order valence-corrected chi connectivity index (χ4v) is 2.20. The molecule has 1 aromatic heterocycles. The van der Waals surface area contributed by atoms with Crippen molar-refractivity contribution in [1.29, 1.82) is 0 Å². The molecule has 17 heavy (non-hydrogen) atoms. The summed E-state index contributed by atoms with van der Waals surface area (Å²) >= 11 is 1.68. The summed E-state index contributed by atoms with van der Waals surface area (Å²) in [4.78, 5) is 1.27. The van der Waals surface area contributed by atoms with Crippen molar-refractivity contribution in [2.75, 3.05) is 19.8 Å². The molecule has 1 aromatic rings. The normalized spacial score (nSPS) is 13.9. The second kappa shape index (κ2) is 6.98. The second-order valence-corrected chi connectivity index (χ2v) is 4.84. The first kappa shape index (κ1) is 14.5. The number of thiophene rings is 1. The predicted molar refractivity (Wildman–Crippen MR) is 62.4 cm³/mol. The largest absolute Gasteiger partial charge is 0.411 e. The number of hydrogen-bond acceptors (Lipinski definition) is 3. The molecule has 0 aliphatic heterocycles. The zero-order valence-electron chi connectivity index (χ0n) is 9.59. The van der Waals surface area contributed by atoms with E-state index >= 15 is 0 Å². The molecule has 0 aromatic carbocycles. The predicted octanol–water partition coefficient (Wildman–Crippen LogP) is 2.85. The van der Waals surface area contributed by atoms with Crippen LogP contribution in [0.15, 0.2) is 17.5 Å². The van der Waals surface area contributed by atoms with E-state index in [1.807, 2.05) is 24.4 Å². The Hall–Kier alpha value is -0.590. The molecule has 98 valence electrons. The van der Waals surface area contributed by atoms with Crippen LogP contribution in [0.25, 0.3) is 0 Å². The lowest BCUT2D eigenvalue weighted by Gasteiger charge is -2.13. The third-order valence-corrected chi connectivity index (χ3v) is 2.99. The molecule has 1 rings (SSSR count). The summed E-state index contributed by atoms with van der Waals surface area (Å²) in [7, 11) is 0. The van der Waals surface area contributed by atoms with Gasteiger partial charge in [0.1, 0.15) is 6.61 Å². The maximum atomic E-state index is 11.7. The molecule has 1 unspecified atom stereocenters. The van der Waals surface area contributed by atoms with Crippen LogP contribution in [0.4, 0.5) is 13.2 Å². The van der Waals surface area contributed by atoms with Crippen LogP contribution in [0.1, 0.15) is 11.8 Å². The highest BCUT2D eigenvalue weighted by molar-refractivity contribution is 7.09. The first-order valence-electron chi connectivity index (χ1n) is 5.37. The van der Waals surface area contributed by atoms with Crippen molar-refractivity contribution in [2.24, 2.45) is 0 Å². The molecular formula is C11H16F3NOS. The molecule has 0 radical (unpaired) electrons. The number of hydrogen-bond donors (Lipinski definition) is 1. The first-order valence-corrected chi connectivity index (χ1v) is 6.25. The Morgan fingerprint density at radius 1 is 1.47 bits per heavy atom. The molecule has 0 aliphatic carbocycles. The van der Waals surface area contributed by atoms with Crippen LogP contribution in [0.2, 0.25) is 0 Å². The van der Waals surface area contributed by atoms with Crippen molar-refractivity contribution in [3.05, 3.63) is 22.4 Å². The Morgan fingerprint density at radius 3 is 2.82 bits per heavy atom. The lowest BCUT2D eigenvalue weighted by molar-refractivity contribution is -0.173. The summed E-state index contributed by atoms with van der Waals surface area (Å²) in [5.74, 6) is 0. The third kappa shape index (κ3) is 7.36. The minimum atomic E-state index is -4.23. The topological polar surface area (TPSA) is 21.3 Å². The van der Waals surface area contributed by atoms with Gasteiger partial charge in [-0.15, -0.1) is 11.3 Å². The van der Waals surface area contributed by atoms with Crippen molar-refractivity contribution in [3.63, 3.8) is 0 Å². The van der Waals surface area contributed by atoms with Crippen molar-refractivity contribution in [1.82, 2.24) is 5.32 Å². The van der Waals surface area contributed by atoms with Crippen LogP contribution in [-0.2, 0) is 11.2 Å². The molecule has 1 heterocycles. The molecule has 6 heteroatoms. The molecule has 0 aliphatic rings. The van der Waals surface area contributed by atoms with Gasteiger partial charge in [-0.3, -0.25) is 0 Å². The maximum absolute atomic E-state index is 11.7. The van der Waals surface area contributed by atoms with E-state index in [9.17, 15) is 13.2 Å². The van der Waals surface area contributed by atoms with E-state index in [-0.39, 0.29) is 12.6 Å². The molecule has 0 amide bonds. The van der Waals surface area contributed by atoms with E-state index in [1.54, 1.807) is 11.3 Å². The summed E-state index contributed by atoms with van der Waals surface area (Å²) in [5, 5.41) is 5.13. The zero-order valence-corrected chi connectivity index (χ0v) is 10.4. The van der Waals surface area contributed by atoms with E-state index in [4.69, 9.17) is 0 Å². The Balaban J connectivity index is 2.03. The lowest BCUT2D eigenvalue weighted by Crippen LogP contribution is -2.31. The van der Waals surface area contributed by atoms with Gasteiger partial charge in [-0.1, -0.05) is 6.07 Å². The number of alkyl halides is 3. The van der Waals surface area contributed by atoms with E-state index in [0.29, 0.717) is 6.54 Å². The molecule has 0 fully saturated rings. The first-order chi connectivity index (χ1) is 7.97. The SMILES string of the molecule is CC(Cc1cccs1)NCCOCC(F)(F)F. The van der Waals surface area contributed by atoms with Gasteiger partial charge in [-0.05, 0) is 24.8 Å². The summed E-state index contributed by atoms with van der Waals surface area (Å²) in [6.07, 6.45) is -3.35. The molecule has 0 spiro atoms. The number of ether oxygens (including phenoxy) is 1. The van der Waals surface area contributed by atoms with Crippen molar-refractivity contribution in [3.8, 4) is 0 Å². The zero-order chi connectivity index (χ0) is 12.7. The molecule has 2 nitrogen and oxygen atoms in total. The van der Waals surface area contributed by atoms with Crippen molar-refractivity contribution < 1.29 is 17.9 Å². The van der Waals surface area contributed by atoms with E-state index < -0.39 is 12.8 Å². The summed E-state index contributed by atoms with van der Waals surface area (Å²) in [6.45, 7) is 1.34. The number of rotatable bonds is 7. The Morgan fingerprint density at radius 2 is 2.24 bits per heavy atom. The molecule has 0 saturated heterocycles. The highest BCUT2D eigenvalue weighted by Crippen LogP contribution is 2.14. The third-order valence-electron chi connectivity index (χ3n) is 2.09. The van der Waals surface area contributed by atoms with Gasteiger partial charge in [0, 0.05) is 17.5 Å². The standard InChI is InChI=1S/C11H16F3NOS/c1-9(7-10-3-2-6-17-10)15-4-5-16-8-11(12,13)14/h2-3,6,9,15H,4-5,7-8H2,1H3. The quantitative estimate of drug-likeness (QED) is 0.767. The molecule has 1 N–H and O–H groups in total. The van der Waals surface area contributed by atoms with Gasteiger partial charge in [-0.25, -0.2) is 0 Å². The van der Waals surface area contributed by atoms with Crippen molar-refractivity contribution >= 4 is 11.3 Å². The highest BCUT2D eigenvalue weighted by atomic mass is 32.1. The molecule has 1 atom stereocenters. The highest BCUT2D eigenvalue weighted by Gasteiger charge is 2.27. The van der Waals surface area contributed by atoms with Crippen molar-refractivity contribution in [2.45, 2.75) is 25.6 Å². The summed E-state index contributed by atoms with van der Waals surface area (Å²) in [6, 6.07) is 4.27. The van der Waals surface area contributed by atoms with Gasteiger partial charge in [0.15, 0.2) is 0 Å². The van der Waals surface area contributed by atoms with Crippen LogP contribution in [0.3, 0.4) is 0 Å². The minimum absolute atomic E-state index is 0.0777. The van der Waals surface area contributed by atoms with Gasteiger partial charge >= 0.3 is 6.18 Å². The minimum Gasteiger partial charge on any atom is -0.371 e. The van der Waals surface area contributed by atoms with Crippen LogP contribution in [0, 0.1) is 0 Å². The van der Waals surface area contributed by atoms with Crippen LogP contribution in [-0.4, -0.2) is 32.0 Å². The summed E-state index contributed by atoms with van der Waals surface area (Å²) < 4.78 is 39.7. The Kier molecular flexibility index (Phi) is 5.94.